The third kappa shape index (κ3) is 1.05. The van der Waals surface area contributed by atoms with Crippen molar-refractivity contribution in [1.82, 2.24) is 0 Å². The topological polar surface area (TPSA) is 0 Å². The van der Waals surface area contributed by atoms with E-state index in [0.29, 0.717) is 5.41 Å². The first-order chi connectivity index (χ1) is 4.97. The van der Waals surface area contributed by atoms with Gasteiger partial charge in [-0.05, 0) is 11.3 Å². The van der Waals surface area contributed by atoms with E-state index in [-0.39, 0.29) is 24.3 Å². The van der Waals surface area contributed by atoms with Gasteiger partial charge < -0.3 is 6.92 Å². The predicted octanol–water partition coefficient (Wildman–Crippen LogP) is 0.207. The zero-order valence-electron chi connectivity index (χ0n) is 8.61. The predicted molar refractivity (Wildman–Crippen MR) is 48.1 cm³/mol. The molecule has 0 N–H and O–H groups in total. The minimum atomic E-state index is 0. The molecule has 0 radical (unpaired) electrons. The maximum absolute atomic E-state index is 4.31. The van der Waals surface area contributed by atoms with Crippen molar-refractivity contribution in [3.8, 4) is 0 Å². The molecule has 2 aliphatic rings. The van der Waals surface area contributed by atoms with Crippen molar-refractivity contribution < 1.29 is 18.9 Å². The Bertz CT molecular complexity index is 210. The molecule has 2 saturated carbocycles. The van der Waals surface area contributed by atoms with E-state index < -0.39 is 0 Å². The summed E-state index contributed by atoms with van der Waals surface area (Å²) in [6, 6.07) is 0. The van der Waals surface area contributed by atoms with Crippen LogP contribution in [0.1, 0.15) is 33.1 Å². The average Bonchev–Trinajstić information content (AvgIpc) is 2.36. The molecule has 1 heteroatoms. The van der Waals surface area contributed by atoms with E-state index in [4.69, 9.17) is 0 Å². The monoisotopic (exact) mass is 156 g/mol. The molecule has 0 aliphatic heterocycles. The fourth-order valence-electron chi connectivity index (χ4n) is 2.95. The maximum Gasteiger partial charge on any atom is 1.00 e. The second kappa shape index (κ2) is 2.66. The van der Waals surface area contributed by atoms with E-state index in [1.807, 2.05) is 0 Å². The van der Waals surface area contributed by atoms with Crippen molar-refractivity contribution in [3.63, 3.8) is 0 Å². The Hall–Kier alpha value is 0.337. The Balaban J connectivity index is 0.000000720. The molecule has 62 valence electrons. The summed E-state index contributed by atoms with van der Waals surface area (Å²) in [4.78, 5) is 0. The number of rotatable bonds is 0. The maximum atomic E-state index is 4.31. The van der Waals surface area contributed by atoms with Gasteiger partial charge in [-0.2, -0.15) is 0 Å². The van der Waals surface area contributed by atoms with Crippen LogP contribution in [0.5, 0.6) is 0 Å². The van der Waals surface area contributed by atoms with Gasteiger partial charge in [0.05, 0.1) is 0 Å². The summed E-state index contributed by atoms with van der Waals surface area (Å²) in [6.45, 7) is 13.2. The molecular formula is C11H17Li. The number of hydrogen-bond donors (Lipinski definition) is 0. The molecule has 2 bridgehead atoms. The van der Waals surface area contributed by atoms with Crippen LogP contribution in [0.15, 0.2) is 12.2 Å². The zero-order valence-corrected chi connectivity index (χ0v) is 8.61. The third-order valence-electron chi connectivity index (χ3n) is 4.05. The van der Waals surface area contributed by atoms with Crippen LogP contribution in [0, 0.1) is 23.7 Å². The van der Waals surface area contributed by atoms with Gasteiger partial charge >= 0.3 is 18.9 Å². The third-order valence-corrected chi connectivity index (χ3v) is 4.05. The molecule has 0 nitrogen and oxygen atoms in total. The normalized spacial score (nSPS) is 42.9. The van der Waals surface area contributed by atoms with E-state index in [2.05, 4.69) is 27.4 Å². The first kappa shape index (κ1) is 10.4. The molecule has 0 amide bonds. The van der Waals surface area contributed by atoms with Crippen molar-refractivity contribution in [1.29, 1.82) is 0 Å². The van der Waals surface area contributed by atoms with Crippen molar-refractivity contribution >= 4 is 0 Å². The molecule has 2 aliphatic carbocycles. The first-order valence-corrected chi connectivity index (χ1v) is 4.52. The van der Waals surface area contributed by atoms with Gasteiger partial charge in [0.15, 0.2) is 0 Å². The quantitative estimate of drug-likeness (QED) is 0.267. The molecule has 0 saturated heterocycles. The van der Waals surface area contributed by atoms with E-state index in [0.717, 1.165) is 5.92 Å². The van der Waals surface area contributed by atoms with Crippen molar-refractivity contribution in [2.45, 2.75) is 33.1 Å². The van der Waals surface area contributed by atoms with Gasteiger partial charge in [-0.15, -0.1) is 12.0 Å². The molecule has 0 heterocycles. The van der Waals surface area contributed by atoms with Gasteiger partial charge in [0, 0.05) is 0 Å². The van der Waals surface area contributed by atoms with Crippen LogP contribution >= 0.6 is 0 Å². The Morgan fingerprint density at radius 1 is 1.50 bits per heavy atom. The second-order valence-corrected chi connectivity index (χ2v) is 4.92. The molecule has 12 heavy (non-hydrogen) atoms. The van der Waals surface area contributed by atoms with Gasteiger partial charge in [0.1, 0.15) is 0 Å². The molecule has 0 unspecified atom stereocenters. The fraction of sp³-hybridized carbons (Fsp3) is 0.727. The first-order valence-electron chi connectivity index (χ1n) is 4.52. The van der Waals surface area contributed by atoms with Crippen LogP contribution in [0.3, 0.4) is 0 Å². The van der Waals surface area contributed by atoms with Crippen LogP contribution < -0.4 is 18.9 Å². The van der Waals surface area contributed by atoms with Crippen molar-refractivity contribution in [2.75, 3.05) is 0 Å². The number of fused-ring (bicyclic) bond motifs is 2. The fourth-order valence-corrected chi connectivity index (χ4v) is 2.95. The van der Waals surface area contributed by atoms with Crippen LogP contribution in [0.4, 0.5) is 0 Å². The van der Waals surface area contributed by atoms with Crippen molar-refractivity contribution in [2.24, 2.45) is 16.7 Å². The molecule has 0 aromatic heterocycles. The molecule has 0 aromatic rings. The summed E-state index contributed by atoms with van der Waals surface area (Å²) in [6.07, 6.45) is 3.94. The van der Waals surface area contributed by atoms with Crippen LogP contribution in [-0.4, -0.2) is 0 Å². The van der Waals surface area contributed by atoms with Gasteiger partial charge in [0.2, 0.25) is 0 Å². The molecule has 2 rings (SSSR count). The Kier molecular flexibility index (Phi) is 2.31. The van der Waals surface area contributed by atoms with E-state index in [1.165, 1.54) is 24.8 Å². The van der Waals surface area contributed by atoms with Crippen molar-refractivity contribution in [3.05, 3.63) is 19.1 Å². The summed E-state index contributed by atoms with van der Waals surface area (Å²) in [5, 5.41) is 0. The molecular weight excluding hydrogens is 139 g/mol. The SMILES string of the molecule is C=C1C(C)(C)[C@@H]2CC[C@@]1([CH2-])C2.[Li+]. The number of allylic oxidation sites excluding steroid dienone is 1. The van der Waals surface area contributed by atoms with E-state index in [1.54, 1.807) is 0 Å². The van der Waals surface area contributed by atoms with Gasteiger partial charge in [-0.1, -0.05) is 38.7 Å². The molecule has 2 atom stereocenters. The van der Waals surface area contributed by atoms with Crippen LogP contribution in [0.2, 0.25) is 0 Å². The smallest absolute Gasteiger partial charge is 0.333 e. The molecule has 0 aromatic carbocycles. The summed E-state index contributed by atoms with van der Waals surface area (Å²) >= 11 is 0. The summed E-state index contributed by atoms with van der Waals surface area (Å²) < 4.78 is 0. The Morgan fingerprint density at radius 3 is 2.33 bits per heavy atom. The zero-order chi connectivity index (χ0) is 8.28. The molecule has 0 spiro atoms. The summed E-state index contributed by atoms with van der Waals surface area (Å²) in [5.74, 6) is 0.868. The average molecular weight is 156 g/mol. The Labute approximate surface area is 88.0 Å². The van der Waals surface area contributed by atoms with Gasteiger partial charge in [-0.3, -0.25) is 0 Å². The van der Waals surface area contributed by atoms with Crippen LogP contribution in [0.25, 0.3) is 0 Å². The minimum Gasteiger partial charge on any atom is -0.333 e. The van der Waals surface area contributed by atoms with Crippen LogP contribution in [-0.2, 0) is 0 Å². The van der Waals surface area contributed by atoms with Gasteiger partial charge in [-0.25, -0.2) is 0 Å². The minimum absolute atomic E-state index is 0. The summed E-state index contributed by atoms with van der Waals surface area (Å²) in [5.41, 5.74) is 2.04. The van der Waals surface area contributed by atoms with E-state index >= 15 is 0 Å². The van der Waals surface area contributed by atoms with E-state index in [9.17, 15) is 0 Å². The second-order valence-electron chi connectivity index (χ2n) is 4.92. The number of hydrogen-bond acceptors (Lipinski definition) is 0. The largest absolute Gasteiger partial charge is 1.00 e. The standard InChI is InChI=1S/C11H17.Li/c1-8-10(2,3)9-5-6-11(8,4)7-9;/h9H,1,4-7H2,2-3H3;/q-1;+1/t9-,11+;/m1./s1. The Morgan fingerprint density at radius 2 is 2.08 bits per heavy atom. The summed E-state index contributed by atoms with van der Waals surface area (Å²) in [7, 11) is 0. The molecule has 2 fully saturated rings. The van der Waals surface area contributed by atoms with Gasteiger partial charge in [0.25, 0.3) is 0 Å².